The van der Waals surface area contributed by atoms with Crippen molar-refractivity contribution in [1.82, 2.24) is 0 Å². The quantitative estimate of drug-likeness (QED) is 0.784. The molecule has 1 aromatic carbocycles. The Morgan fingerprint density at radius 3 is 2.83 bits per heavy atom. The lowest BCUT2D eigenvalue weighted by Gasteiger charge is -2.03. The van der Waals surface area contributed by atoms with Gasteiger partial charge < -0.3 is 10.8 Å². The van der Waals surface area contributed by atoms with Crippen molar-refractivity contribution in [2.45, 2.75) is 6.42 Å². The SMILES string of the molecule is NC(=S)Cc1cccc(Br)c1O. The average molecular weight is 246 g/mol. The number of rotatable bonds is 2. The molecule has 0 heterocycles. The third kappa shape index (κ3) is 2.19. The van der Waals surface area contributed by atoms with Gasteiger partial charge in [0.15, 0.2) is 0 Å². The number of thiocarbonyl (C=S) groups is 1. The molecule has 4 heteroatoms. The molecule has 3 N–H and O–H groups in total. The van der Waals surface area contributed by atoms with Gasteiger partial charge in [0.25, 0.3) is 0 Å². The summed E-state index contributed by atoms with van der Waals surface area (Å²) in [5.74, 6) is 0.213. The van der Waals surface area contributed by atoms with Crippen molar-refractivity contribution in [2.24, 2.45) is 5.73 Å². The molecule has 0 unspecified atom stereocenters. The minimum Gasteiger partial charge on any atom is -0.506 e. The fourth-order valence-electron chi connectivity index (χ4n) is 0.890. The van der Waals surface area contributed by atoms with Gasteiger partial charge in [-0.15, -0.1) is 0 Å². The van der Waals surface area contributed by atoms with E-state index in [9.17, 15) is 5.11 Å². The summed E-state index contributed by atoms with van der Waals surface area (Å²) < 4.78 is 0.663. The molecule has 0 aromatic heterocycles. The molecule has 0 atom stereocenters. The first-order chi connectivity index (χ1) is 5.61. The minimum atomic E-state index is 0.213. The molecule has 64 valence electrons. The number of hydrogen-bond donors (Lipinski definition) is 2. The third-order valence-corrected chi connectivity index (χ3v) is 2.22. The van der Waals surface area contributed by atoms with Crippen molar-refractivity contribution < 1.29 is 5.11 Å². The summed E-state index contributed by atoms with van der Waals surface area (Å²) in [5, 5.41) is 9.48. The zero-order chi connectivity index (χ0) is 9.14. The highest BCUT2D eigenvalue weighted by Gasteiger charge is 2.04. The van der Waals surface area contributed by atoms with Gasteiger partial charge >= 0.3 is 0 Å². The molecule has 0 aliphatic rings. The smallest absolute Gasteiger partial charge is 0.133 e. The van der Waals surface area contributed by atoms with Crippen LogP contribution in [-0.2, 0) is 6.42 Å². The third-order valence-electron chi connectivity index (χ3n) is 1.44. The van der Waals surface area contributed by atoms with Crippen molar-refractivity contribution in [1.29, 1.82) is 0 Å². The van der Waals surface area contributed by atoms with E-state index in [1.807, 2.05) is 6.07 Å². The molecule has 0 amide bonds. The maximum Gasteiger partial charge on any atom is 0.133 e. The molecule has 0 aliphatic carbocycles. The van der Waals surface area contributed by atoms with Gasteiger partial charge in [0.1, 0.15) is 5.75 Å². The van der Waals surface area contributed by atoms with E-state index >= 15 is 0 Å². The number of phenols is 1. The average Bonchev–Trinajstić information content (AvgIpc) is 1.98. The summed E-state index contributed by atoms with van der Waals surface area (Å²) in [4.78, 5) is 0.378. The monoisotopic (exact) mass is 245 g/mol. The Morgan fingerprint density at radius 1 is 1.58 bits per heavy atom. The molecule has 12 heavy (non-hydrogen) atoms. The molecule has 0 saturated heterocycles. The van der Waals surface area contributed by atoms with E-state index in [0.29, 0.717) is 15.9 Å². The fraction of sp³-hybridized carbons (Fsp3) is 0.125. The second-order valence-electron chi connectivity index (χ2n) is 2.39. The molecule has 0 aliphatic heterocycles. The van der Waals surface area contributed by atoms with Crippen LogP contribution in [0.5, 0.6) is 5.75 Å². The highest BCUT2D eigenvalue weighted by molar-refractivity contribution is 9.10. The number of aromatic hydroxyl groups is 1. The largest absolute Gasteiger partial charge is 0.506 e. The van der Waals surface area contributed by atoms with Crippen molar-refractivity contribution in [2.75, 3.05) is 0 Å². The van der Waals surface area contributed by atoms with E-state index in [0.717, 1.165) is 5.56 Å². The first-order valence-corrected chi connectivity index (χ1v) is 4.56. The molecule has 1 aromatic rings. The van der Waals surface area contributed by atoms with Gasteiger partial charge in [-0.25, -0.2) is 0 Å². The van der Waals surface area contributed by atoms with Crippen LogP contribution >= 0.6 is 28.1 Å². The Balaban J connectivity index is 3.00. The second-order valence-corrected chi connectivity index (χ2v) is 3.77. The predicted molar refractivity (Wildman–Crippen MR) is 56.3 cm³/mol. The minimum absolute atomic E-state index is 0.213. The number of hydrogen-bond acceptors (Lipinski definition) is 2. The van der Waals surface area contributed by atoms with Crippen LogP contribution in [0, 0.1) is 0 Å². The van der Waals surface area contributed by atoms with E-state index in [-0.39, 0.29) is 5.75 Å². The normalized spacial score (nSPS) is 9.75. The zero-order valence-corrected chi connectivity index (χ0v) is 8.65. The lowest BCUT2D eigenvalue weighted by molar-refractivity contribution is 0.467. The summed E-state index contributed by atoms with van der Waals surface area (Å²) in [7, 11) is 0. The van der Waals surface area contributed by atoms with E-state index in [2.05, 4.69) is 15.9 Å². The molecular formula is C8H8BrNOS. The summed E-state index contributed by atoms with van der Waals surface area (Å²) >= 11 is 7.93. The van der Waals surface area contributed by atoms with E-state index in [1.165, 1.54) is 0 Å². The first kappa shape index (κ1) is 9.48. The standard InChI is InChI=1S/C8H8BrNOS/c9-6-3-1-2-5(8(6)11)4-7(10)12/h1-3,11H,4H2,(H2,10,12). The van der Waals surface area contributed by atoms with Gasteiger partial charge in [-0.1, -0.05) is 24.4 Å². The van der Waals surface area contributed by atoms with Crippen LogP contribution in [0.3, 0.4) is 0 Å². The topological polar surface area (TPSA) is 46.2 Å². The molecule has 2 nitrogen and oxygen atoms in total. The number of nitrogens with two attached hydrogens (primary N) is 1. The van der Waals surface area contributed by atoms with Crippen LogP contribution in [0.25, 0.3) is 0 Å². The predicted octanol–water partition coefficient (Wildman–Crippen LogP) is 1.98. The van der Waals surface area contributed by atoms with Crippen LogP contribution in [0.15, 0.2) is 22.7 Å². The molecular weight excluding hydrogens is 238 g/mol. The second kappa shape index (κ2) is 3.87. The lowest BCUT2D eigenvalue weighted by Crippen LogP contribution is -2.11. The van der Waals surface area contributed by atoms with Gasteiger partial charge in [-0.05, 0) is 22.0 Å². The van der Waals surface area contributed by atoms with Crippen molar-refractivity contribution in [3.63, 3.8) is 0 Å². The van der Waals surface area contributed by atoms with Gasteiger partial charge in [0, 0.05) is 12.0 Å². The Kier molecular flexibility index (Phi) is 3.05. The highest BCUT2D eigenvalue weighted by atomic mass is 79.9. The van der Waals surface area contributed by atoms with Crippen LogP contribution in [0.4, 0.5) is 0 Å². The highest BCUT2D eigenvalue weighted by Crippen LogP contribution is 2.27. The van der Waals surface area contributed by atoms with E-state index < -0.39 is 0 Å². The van der Waals surface area contributed by atoms with Gasteiger partial charge in [-0.2, -0.15) is 0 Å². The summed E-state index contributed by atoms with van der Waals surface area (Å²) in [6.07, 6.45) is 0.431. The molecule has 0 bridgehead atoms. The first-order valence-electron chi connectivity index (χ1n) is 3.36. The van der Waals surface area contributed by atoms with Crippen LogP contribution in [0.2, 0.25) is 0 Å². The van der Waals surface area contributed by atoms with E-state index in [1.54, 1.807) is 12.1 Å². The lowest BCUT2D eigenvalue weighted by atomic mass is 10.1. The Bertz CT molecular complexity index is 314. The maximum absolute atomic E-state index is 9.48. The molecule has 1 rings (SSSR count). The summed E-state index contributed by atoms with van der Waals surface area (Å²) in [6, 6.07) is 5.38. The van der Waals surface area contributed by atoms with Gasteiger partial charge in [0.05, 0.1) is 9.46 Å². The Morgan fingerprint density at radius 2 is 2.25 bits per heavy atom. The summed E-state index contributed by atoms with van der Waals surface area (Å²) in [5.41, 5.74) is 6.10. The number of halogens is 1. The van der Waals surface area contributed by atoms with Crippen molar-refractivity contribution in [3.8, 4) is 5.75 Å². The van der Waals surface area contributed by atoms with Gasteiger partial charge in [0.2, 0.25) is 0 Å². The zero-order valence-electron chi connectivity index (χ0n) is 6.25. The maximum atomic E-state index is 9.48. The number of benzene rings is 1. The molecule has 0 radical (unpaired) electrons. The Hall–Kier alpha value is -0.610. The van der Waals surface area contributed by atoms with Crippen LogP contribution < -0.4 is 5.73 Å². The van der Waals surface area contributed by atoms with Gasteiger partial charge in [-0.3, -0.25) is 0 Å². The van der Waals surface area contributed by atoms with Crippen molar-refractivity contribution in [3.05, 3.63) is 28.2 Å². The Labute approximate surface area is 84.5 Å². The van der Waals surface area contributed by atoms with Crippen LogP contribution in [0.1, 0.15) is 5.56 Å². The van der Waals surface area contributed by atoms with Crippen molar-refractivity contribution >= 4 is 33.1 Å². The molecule has 0 fully saturated rings. The summed E-state index contributed by atoms with van der Waals surface area (Å²) in [6.45, 7) is 0. The molecule has 0 spiro atoms. The number of para-hydroxylation sites is 1. The number of phenolic OH excluding ortho intramolecular Hbond substituents is 1. The van der Waals surface area contributed by atoms with E-state index in [4.69, 9.17) is 18.0 Å². The van der Waals surface area contributed by atoms with Crippen LogP contribution in [-0.4, -0.2) is 10.1 Å². The fourth-order valence-corrected chi connectivity index (χ4v) is 1.45. The molecule has 0 saturated carbocycles.